The molecule has 0 fully saturated rings. The Bertz CT molecular complexity index is 468. The average Bonchev–Trinajstić information content (AvgIpc) is 2.77. The van der Waals surface area contributed by atoms with E-state index in [4.69, 9.17) is 5.11 Å². The molecule has 1 rings (SSSR count). The Hall–Kier alpha value is -2.38. The Morgan fingerprint density at radius 3 is 2.72 bits per heavy atom. The molecule has 3 N–H and O–H groups in total. The molecule has 0 aliphatic rings. The molecular formula is C10H13N3O5. The van der Waals surface area contributed by atoms with Crippen LogP contribution in [0.15, 0.2) is 12.3 Å². The van der Waals surface area contributed by atoms with Crippen LogP contribution >= 0.6 is 0 Å². The largest absolute Gasteiger partial charge is 0.480 e. The highest BCUT2D eigenvalue weighted by atomic mass is 16.6. The second-order valence-corrected chi connectivity index (χ2v) is 3.68. The lowest BCUT2D eigenvalue weighted by atomic mass is 10.1. The monoisotopic (exact) mass is 255 g/mol. The molecule has 8 heteroatoms. The van der Waals surface area contributed by atoms with Gasteiger partial charge in [0.1, 0.15) is 11.7 Å². The van der Waals surface area contributed by atoms with Crippen LogP contribution in [0.2, 0.25) is 0 Å². The summed E-state index contributed by atoms with van der Waals surface area (Å²) in [4.78, 5) is 34.7. The second kappa shape index (κ2) is 5.80. The Kier molecular flexibility index (Phi) is 4.41. The number of nitrogens with one attached hydrogen (secondary N) is 2. The van der Waals surface area contributed by atoms with Crippen molar-refractivity contribution in [1.82, 2.24) is 10.3 Å². The van der Waals surface area contributed by atoms with E-state index in [1.165, 1.54) is 0 Å². The third-order valence-corrected chi connectivity index (χ3v) is 2.30. The number of amides is 1. The van der Waals surface area contributed by atoms with E-state index in [1.807, 2.05) is 0 Å². The molecule has 0 bridgehead atoms. The van der Waals surface area contributed by atoms with E-state index in [9.17, 15) is 19.7 Å². The number of aromatic nitrogens is 1. The number of nitro groups is 1. The number of rotatable bonds is 6. The van der Waals surface area contributed by atoms with Crippen LogP contribution in [-0.2, 0) is 4.79 Å². The number of carboxylic acids is 1. The summed E-state index contributed by atoms with van der Waals surface area (Å²) in [5.74, 6) is -1.81. The van der Waals surface area contributed by atoms with Crippen LogP contribution in [0.5, 0.6) is 0 Å². The van der Waals surface area contributed by atoms with E-state index in [-0.39, 0.29) is 11.4 Å². The van der Waals surface area contributed by atoms with Crippen LogP contribution in [0.1, 0.15) is 30.3 Å². The van der Waals surface area contributed by atoms with Crippen molar-refractivity contribution in [3.8, 4) is 0 Å². The molecule has 0 radical (unpaired) electrons. The van der Waals surface area contributed by atoms with Gasteiger partial charge in [-0.05, 0) is 6.42 Å². The smallest absolute Gasteiger partial charge is 0.326 e. The Morgan fingerprint density at radius 1 is 1.61 bits per heavy atom. The van der Waals surface area contributed by atoms with Crippen molar-refractivity contribution in [2.45, 2.75) is 25.8 Å². The first-order chi connectivity index (χ1) is 8.45. The molecule has 1 aromatic rings. The molecule has 1 aromatic heterocycles. The van der Waals surface area contributed by atoms with Gasteiger partial charge in [0, 0.05) is 6.07 Å². The highest BCUT2D eigenvalue weighted by molar-refractivity contribution is 5.95. The fourth-order valence-electron chi connectivity index (χ4n) is 1.40. The van der Waals surface area contributed by atoms with E-state index < -0.39 is 22.8 Å². The van der Waals surface area contributed by atoms with E-state index >= 15 is 0 Å². The lowest BCUT2D eigenvalue weighted by Crippen LogP contribution is -2.40. The predicted molar refractivity (Wildman–Crippen MR) is 61.2 cm³/mol. The van der Waals surface area contributed by atoms with Gasteiger partial charge >= 0.3 is 5.97 Å². The first-order valence-electron chi connectivity index (χ1n) is 5.32. The van der Waals surface area contributed by atoms with Crippen molar-refractivity contribution < 1.29 is 19.6 Å². The van der Waals surface area contributed by atoms with Gasteiger partial charge in [0.05, 0.1) is 11.1 Å². The van der Waals surface area contributed by atoms with Crippen LogP contribution < -0.4 is 5.32 Å². The van der Waals surface area contributed by atoms with E-state index in [0.717, 1.165) is 12.3 Å². The summed E-state index contributed by atoms with van der Waals surface area (Å²) in [7, 11) is 0. The van der Waals surface area contributed by atoms with Crippen molar-refractivity contribution in [3.63, 3.8) is 0 Å². The van der Waals surface area contributed by atoms with Gasteiger partial charge in [0.25, 0.3) is 11.6 Å². The molecule has 1 atom stereocenters. The van der Waals surface area contributed by atoms with E-state index in [2.05, 4.69) is 10.3 Å². The fraction of sp³-hybridized carbons (Fsp3) is 0.400. The third-order valence-electron chi connectivity index (χ3n) is 2.30. The molecular weight excluding hydrogens is 242 g/mol. The topological polar surface area (TPSA) is 125 Å². The normalized spacial score (nSPS) is 11.8. The molecule has 98 valence electrons. The molecule has 0 saturated carbocycles. The number of aliphatic carboxylic acids is 1. The summed E-state index contributed by atoms with van der Waals surface area (Å²) in [6, 6.07) is 0.0602. The SMILES string of the molecule is CCC[C@@H](NC(=O)c1cc([N+](=O)[O-])c[nH]1)C(=O)O. The van der Waals surface area contributed by atoms with Crippen molar-refractivity contribution >= 4 is 17.6 Å². The minimum Gasteiger partial charge on any atom is -0.480 e. The molecule has 0 aliphatic carbocycles. The number of carbonyl (C=O) groups excluding carboxylic acids is 1. The van der Waals surface area contributed by atoms with Crippen molar-refractivity contribution in [1.29, 1.82) is 0 Å². The molecule has 0 aliphatic heterocycles. The van der Waals surface area contributed by atoms with Gasteiger partial charge < -0.3 is 15.4 Å². The number of aromatic amines is 1. The van der Waals surface area contributed by atoms with Gasteiger partial charge in [-0.25, -0.2) is 4.79 Å². The Morgan fingerprint density at radius 2 is 2.28 bits per heavy atom. The zero-order valence-corrected chi connectivity index (χ0v) is 9.67. The molecule has 8 nitrogen and oxygen atoms in total. The highest BCUT2D eigenvalue weighted by Crippen LogP contribution is 2.12. The Labute approximate surface area is 102 Å². The molecule has 1 heterocycles. The molecule has 1 amide bonds. The van der Waals surface area contributed by atoms with Crippen molar-refractivity contribution in [2.24, 2.45) is 0 Å². The van der Waals surface area contributed by atoms with Crippen LogP contribution in [0, 0.1) is 10.1 Å². The van der Waals surface area contributed by atoms with Crippen LogP contribution in [0.25, 0.3) is 0 Å². The minimum atomic E-state index is -1.13. The van der Waals surface area contributed by atoms with Gasteiger partial charge in [-0.1, -0.05) is 13.3 Å². The lowest BCUT2D eigenvalue weighted by Gasteiger charge is -2.12. The van der Waals surface area contributed by atoms with E-state index in [1.54, 1.807) is 6.92 Å². The predicted octanol–water partition coefficient (Wildman–Crippen LogP) is 0.906. The zero-order chi connectivity index (χ0) is 13.7. The molecule has 18 heavy (non-hydrogen) atoms. The number of H-pyrrole nitrogens is 1. The maximum Gasteiger partial charge on any atom is 0.326 e. The van der Waals surface area contributed by atoms with Crippen molar-refractivity contribution in [2.75, 3.05) is 0 Å². The summed E-state index contributed by atoms with van der Waals surface area (Å²) in [5.41, 5.74) is -0.286. The number of nitrogens with zero attached hydrogens (tertiary/aromatic N) is 1. The summed E-state index contributed by atoms with van der Waals surface area (Å²) < 4.78 is 0. The van der Waals surface area contributed by atoms with Gasteiger partial charge in [-0.2, -0.15) is 0 Å². The highest BCUT2D eigenvalue weighted by Gasteiger charge is 2.21. The number of carbonyl (C=O) groups is 2. The van der Waals surface area contributed by atoms with Crippen molar-refractivity contribution in [3.05, 3.63) is 28.1 Å². The quantitative estimate of drug-likeness (QED) is 0.514. The maximum absolute atomic E-state index is 11.6. The Balaban J connectivity index is 2.74. The molecule has 0 aromatic carbocycles. The third kappa shape index (κ3) is 3.30. The summed E-state index contributed by atoms with van der Waals surface area (Å²) in [6.45, 7) is 1.79. The fourth-order valence-corrected chi connectivity index (χ4v) is 1.40. The summed E-state index contributed by atoms with van der Waals surface area (Å²) >= 11 is 0. The standard InChI is InChI=1S/C10H13N3O5/c1-2-3-7(10(15)16)12-9(14)8-4-6(5-11-8)13(17)18/h4-5,7,11H,2-3H2,1H3,(H,12,14)(H,15,16)/t7-/m1/s1. The average molecular weight is 255 g/mol. The molecule has 0 saturated heterocycles. The minimum absolute atomic E-state index is 0.0379. The number of carboxylic acid groups (broad SMARTS) is 1. The molecule has 0 spiro atoms. The summed E-state index contributed by atoms with van der Waals surface area (Å²) in [6.07, 6.45) is 1.97. The lowest BCUT2D eigenvalue weighted by molar-refractivity contribution is -0.384. The van der Waals surface area contributed by atoms with Crippen LogP contribution in [0.4, 0.5) is 5.69 Å². The number of hydrogen-bond acceptors (Lipinski definition) is 4. The van der Waals surface area contributed by atoms with Gasteiger partial charge in [0.2, 0.25) is 0 Å². The summed E-state index contributed by atoms with van der Waals surface area (Å²) in [5, 5.41) is 21.6. The van der Waals surface area contributed by atoms with Gasteiger partial charge in [0.15, 0.2) is 0 Å². The van der Waals surface area contributed by atoms with Crippen LogP contribution in [0.3, 0.4) is 0 Å². The zero-order valence-electron chi connectivity index (χ0n) is 9.67. The van der Waals surface area contributed by atoms with Crippen LogP contribution in [-0.4, -0.2) is 32.9 Å². The van der Waals surface area contributed by atoms with Gasteiger partial charge in [-0.15, -0.1) is 0 Å². The van der Waals surface area contributed by atoms with Gasteiger partial charge in [-0.3, -0.25) is 14.9 Å². The number of hydrogen-bond donors (Lipinski definition) is 3. The second-order valence-electron chi connectivity index (χ2n) is 3.68. The van der Waals surface area contributed by atoms with E-state index in [0.29, 0.717) is 12.8 Å². The first-order valence-corrected chi connectivity index (χ1v) is 5.32. The first kappa shape index (κ1) is 13.7. The molecule has 0 unspecified atom stereocenters. The maximum atomic E-state index is 11.6.